The molecule has 13 heteroatoms. The van der Waals surface area contributed by atoms with Gasteiger partial charge in [0.2, 0.25) is 5.91 Å². The Kier molecular flexibility index (Phi) is 12.9. The van der Waals surface area contributed by atoms with Gasteiger partial charge in [-0.1, -0.05) is 18.5 Å². The summed E-state index contributed by atoms with van der Waals surface area (Å²) < 4.78 is 11.0. The molecule has 224 valence electrons. The van der Waals surface area contributed by atoms with Crippen molar-refractivity contribution < 1.29 is 38.9 Å². The minimum absolute atomic E-state index is 0.00158. The molecule has 2 aliphatic heterocycles. The van der Waals surface area contributed by atoms with Crippen molar-refractivity contribution in [3.8, 4) is 5.75 Å². The number of nitrogens with two attached hydrogens (primary N) is 1. The van der Waals surface area contributed by atoms with Crippen LogP contribution in [0.2, 0.25) is 5.02 Å². The Labute approximate surface area is 239 Å². The summed E-state index contributed by atoms with van der Waals surface area (Å²) in [5.74, 6) is -3.26. The molecule has 12 nitrogen and oxygen atoms in total. The summed E-state index contributed by atoms with van der Waals surface area (Å²) in [5.41, 5.74) is 6.54. The molecule has 5 N–H and O–H groups in total. The van der Waals surface area contributed by atoms with Gasteiger partial charge in [-0.25, -0.2) is 9.59 Å². The highest BCUT2D eigenvalue weighted by Gasteiger charge is 2.32. The molecular formula is C27H41ClN4O8. The fourth-order valence-electron chi connectivity index (χ4n) is 4.96. The third-order valence-electron chi connectivity index (χ3n) is 7.39. The minimum atomic E-state index is -1.82. The van der Waals surface area contributed by atoms with E-state index in [2.05, 4.69) is 22.0 Å². The third-order valence-corrected chi connectivity index (χ3v) is 7.72. The number of hydrogen-bond donors (Lipinski definition) is 4. The summed E-state index contributed by atoms with van der Waals surface area (Å²) in [4.78, 5) is 48.5. The van der Waals surface area contributed by atoms with Crippen molar-refractivity contribution in [1.82, 2.24) is 15.1 Å². The van der Waals surface area contributed by atoms with E-state index in [9.17, 15) is 9.59 Å². The Morgan fingerprint density at radius 2 is 1.80 bits per heavy atom. The fourth-order valence-corrected chi connectivity index (χ4v) is 5.12. The van der Waals surface area contributed by atoms with Crippen molar-refractivity contribution in [3.05, 3.63) is 22.7 Å². The SMILES string of the molecule is COc1cc(N)c(Cl)cc1C(=O)N[C@@H]1CCN(CCC(C)C(=O)N2CCCCC2C)C[C@@H]1OC.O=C(O)C(=O)O. The number of amides is 2. The van der Waals surface area contributed by atoms with E-state index < -0.39 is 11.9 Å². The molecule has 0 aliphatic carbocycles. The van der Waals surface area contributed by atoms with Crippen LogP contribution in [0, 0.1) is 5.92 Å². The van der Waals surface area contributed by atoms with Gasteiger partial charge in [-0.2, -0.15) is 0 Å². The van der Waals surface area contributed by atoms with Crippen LogP contribution in [0.3, 0.4) is 0 Å². The predicted octanol–water partition coefficient (Wildman–Crippen LogP) is 2.33. The van der Waals surface area contributed by atoms with Crippen molar-refractivity contribution in [2.24, 2.45) is 5.92 Å². The summed E-state index contributed by atoms with van der Waals surface area (Å²) in [6.45, 7) is 7.42. The van der Waals surface area contributed by atoms with Gasteiger partial charge in [-0.3, -0.25) is 9.59 Å². The average molecular weight is 585 g/mol. The summed E-state index contributed by atoms with van der Waals surface area (Å²) in [6.07, 6.45) is 4.83. The Bertz CT molecular complexity index is 1040. The molecule has 2 fully saturated rings. The summed E-state index contributed by atoms with van der Waals surface area (Å²) >= 11 is 6.13. The van der Waals surface area contributed by atoms with Gasteiger partial charge in [-0.05, 0) is 51.6 Å². The van der Waals surface area contributed by atoms with E-state index in [1.54, 1.807) is 13.2 Å². The van der Waals surface area contributed by atoms with E-state index in [0.29, 0.717) is 34.6 Å². The van der Waals surface area contributed by atoms with Crippen LogP contribution in [-0.2, 0) is 19.1 Å². The van der Waals surface area contributed by atoms with E-state index >= 15 is 0 Å². The smallest absolute Gasteiger partial charge is 0.414 e. The number of carbonyl (C=O) groups excluding carboxylic acids is 2. The number of benzene rings is 1. The monoisotopic (exact) mass is 584 g/mol. The number of halogens is 1. The first-order valence-corrected chi connectivity index (χ1v) is 13.7. The van der Waals surface area contributed by atoms with E-state index in [-0.39, 0.29) is 29.9 Å². The van der Waals surface area contributed by atoms with Crippen LogP contribution >= 0.6 is 11.6 Å². The number of aliphatic carboxylic acids is 2. The predicted molar refractivity (Wildman–Crippen MR) is 150 cm³/mol. The second kappa shape index (κ2) is 15.6. The molecular weight excluding hydrogens is 544 g/mol. The zero-order valence-corrected chi connectivity index (χ0v) is 24.3. The van der Waals surface area contributed by atoms with Crippen LogP contribution in [0.4, 0.5) is 5.69 Å². The first-order chi connectivity index (χ1) is 18.9. The highest BCUT2D eigenvalue weighted by molar-refractivity contribution is 6.33. The standard InChI is InChI=1S/C25H39ClN4O4.C2H2O4/c1-16(25(32)30-10-6-5-7-17(30)2)8-11-29-12-9-21(23(15-29)34-4)28-24(31)18-13-19(26)20(27)14-22(18)33-3;3-1(4)2(5)6/h13-14,16-17,21,23H,5-12,15,27H2,1-4H3,(H,28,31);(H,3,4)(H,5,6)/t16?,17?,21-,23+;/m1./s1. The molecule has 2 unspecified atom stereocenters. The Hall–Kier alpha value is -3.09. The second-order valence-corrected chi connectivity index (χ2v) is 10.6. The van der Waals surface area contributed by atoms with Crippen molar-refractivity contribution in [1.29, 1.82) is 0 Å². The quantitative estimate of drug-likeness (QED) is 0.262. The topological polar surface area (TPSA) is 172 Å². The number of nitrogen functional groups attached to an aromatic ring is 1. The highest BCUT2D eigenvalue weighted by atomic mass is 35.5. The lowest BCUT2D eigenvalue weighted by atomic mass is 9.97. The number of carboxylic acid groups (broad SMARTS) is 2. The average Bonchev–Trinajstić information content (AvgIpc) is 2.93. The number of likely N-dealkylation sites (tertiary alicyclic amines) is 2. The lowest BCUT2D eigenvalue weighted by Crippen LogP contribution is -2.55. The molecule has 40 heavy (non-hydrogen) atoms. The molecule has 0 radical (unpaired) electrons. The van der Waals surface area contributed by atoms with Crippen LogP contribution in [0.5, 0.6) is 5.75 Å². The zero-order valence-electron chi connectivity index (χ0n) is 23.5. The number of anilines is 1. The van der Waals surface area contributed by atoms with Gasteiger partial charge in [0.05, 0.1) is 35.5 Å². The minimum Gasteiger partial charge on any atom is -0.496 e. The first kappa shape index (κ1) is 33.1. The molecule has 0 bridgehead atoms. The number of piperidine rings is 2. The van der Waals surface area contributed by atoms with Crippen molar-refractivity contribution in [2.75, 3.05) is 46.1 Å². The van der Waals surface area contributed by atoms with Gasteiger partial charge >= 0.3 is 11.9 Å². The van der Waals surface area contributed by atoms with Gasteiger partial charge in [0.25, 0.3) is 5.91 Å². The number of nitrogens with zero attached hydrogens (tertiary/aromatic N) is 2. The van der Waals surface area contributed by atoms with E-state index in [0.717, 1.165) is 45.3 Å². The van der Waals surface area contributed by atoms with Gasteiger partial charge < -0.3 is 40.5 Å². The number of nitrogens with one attached hydrogen (secondary N) is 1. The van der Waals surface area contributed by atoms with E-state index in [1.807, 2.05) is 6.92 Å². The Balaban J connectivity index is 0.000000840. The first-order valence-electron chi connectivity index (χ1n) is 13.3. The molecule has 2 amide bonds. The maximum absolute atomic E-state index is 13.0. The normalized spacial score (nSPS) is 21.9. The second-order valence-electron chi connectivity index (χ2n) is 10.2. The zero-order chi connectivity index (χ0) is 30.0. The summed E-state index contributed by atoms with van der Waals surface area (Å²) in [5, 5.41) is 18.2. The van der Waals surface area contributed by atoms with Crippen LogP contribution < -0.4 is 15.8 Å². The van der Waals surface area contributed by atoms with Crippen molar-refractivity contribution in [2.45, 2.75) is 64.1 Å². The van der Waals surface area contributed by atoms with E-state index in [1.165, 1.54) is 19.6 Å². The van der Waals surface area contributed by atoms with Gasteiger partial charge in [0.1, 0.15) is 5.75 Å². The number of carboxylic acids is 2. The van der Waals surface area contributed by atoms with Crippen molar-refractivity contribution in [3.63, 3.8) is 0 Å². The van der Waals surface area contributed by atoms with Crippen LogP contribution in [0.15, 0.2) is 12.1 Å². The molecule has 2 saturated heterocycles. The maximum Gasteiger partial charge on any atom is 0.414 e. The lowest BCUT2D eigenvalue weighted by molar-refractivity contribution is -0.159. The number of carbonyl (C=O) groups is 4. The number of ether oxygens (including phenoxy) is 2. The molecule has 2 aliphatic rings. The van der Waals surface area contributed by atoms with Gasteiger partial charge in [0.15, 0.2) is 0 Å². The van der Waals surface area contributed by atoms with Crippen LogP contribution in [0.25, 0.3) is 0 Å². The number of hydrogen-bond acceptors (Lipinski definition) is 8. The van der Waals surface area contributed by atoms with E-state index in [4.69, 9.17) is 46.6 Å². The third kappa shape index (κ3) is 9.24. The molecule has 4 atom stereocenters. The number of rotatable bonds is 8. The molecule has 1 aromatic carbocycles. The largest absolute Gasteiger partial charge is 0.496 e. The molecule has 0 saturated carbocycles. The molecule has 0 spiro atoms. The maximum atomic E-state index is 13.0. The molecule has 1 aromatic rings. The number of methoxy groups -OCH3 is 2. The molecule has 0 aromatic heterocycles. The summed E-state index contributed by atoms with van der Waals surface area (Å²) in [6, 6.07) is 3.29. The summed E-state index contributed by atoms with van der Waals surface area (Å²) in [7, 11) is 3.16. The Morgan fingerprint density at radius 1 is 1.12 bits per heavy atom. The van der Waals surface area contributed by atoms with Crippen molar-refractivity contribution >= 4 is 41.0 Å². The fraction of sp³-hybridized carbons (Fsp3) is 0.630. The Morgan fingerprint density at radius 3 is 2.38 bits per heavy atom. The van der Waals surface area contributed by atoms with Crippen LogP contribution in [-0.4, -0.2) is 102 Å². The van der Waals surface area contributed by atoms with Gasteiger partial charge in [0, 0.05) is 44.8 Å². The molecule has 2 heterocycles. The van der Waals surface area contributed by atoms with Gasteiger partial charge in [-0.15, -0.1) is 0 Å². The highest BCUT2D eigenvalue weighted by Crippen LogP contribution is 2.29. The molecule has 3 rings (SSSR count). The lowest BCUT2D eigenvalue weighted by Gasteiger charge is -2.39. The van der Waals surface area contributed by atoms with Crippen LogP contribution in [0.1, 0.15) is 56.3 Å².